The summed E-state index contributed by atoms with van der Waals surface area (Å²) >= 11 is 0. The number of hydrogen-bond acceptors (Lipinski definition) is 4. The van der Waals surface area contributed by atoms with Gasteiger partial charge in [-0.2, -0.15) is 4.31 Å². The van der Waals surface area contributed by atoms with Crippen LogP contribution in [0.2, 0.25) is 0 Å². The van der Waals surface area contributed by atoms with Gasteiger partial charge in [0.15, 0.2) is 0 Å². The van der Waals surface area contributed by atoms with E-state index in [1.165, 1.54) is 42.7 Å². The zero-order valence-corrected chi connectivity index (χ0v) is 17.6. The van der Waals surface area contributed by atoms with Crippen molar-refractivity contribution in [3.05, 3.63) is 29.8 Å². The number of benzene rings is 1. The van der Waals surface area contributed by atoms with Crippen LogP contribution in [0.3, 0.4) is 0 Å². The summed E-state index contributed by atoms with van der Waals surface area (Å²) in [5.41, 5.74) is 0.333. The summed E-state index contributed by atoms with van der Waals surface area (Å²) in [4.78, 5) is 12.5. The molecule has 1 aliphatic rings. The molecular formula is C20H32N2O4S. The molecule has 0 radical (unpaired) electrons. The van der Waals surface area contributed by atoms with Crippen LogP contribution in [0.5, 0.6) is 0 Å². The molecule has 0 saturated heterocycles. The number of sulfonamides is 1. The van der Waals surface area contributed by atoms with Gasteiger partial charge in [0.2, 0.25) is 10.0 Å². The number of carbonyl (C=O) groups is 1. The number of amides is 1. The lowest BCUT2D eigenvalue weighted by atomic mass is 9.88. The van der Waals surface area contributed by atoms with Crippen LogP contribution in [-0.2, 0) is 14.8 Å². The summed E-state index contributed by atoms with van der Waals surface area (Å²) in [6.07, 6.45) is 5.02. The average molecular weight is 397 g/mol. The maximum atomic E-state index is 12.6. The number of ether oxygens (including phenoxy) is 1. The highest BCUT2D eigenvalue weighted by Gasteiger charge is 2.24. The standard InChI is InChI=1S/C20H32N2O4S/c1-15(2)22(4)27(24,25)18-10-7-9-17(14-18)20(23)21-12-13-26-19-11-6-5-8-16(19)3/h7,9-10,14-16,19H,5-6,8,11-13H2,1-4H3,(H,21,23). The van der Waals surface area contributed by atoms with Crippen molar-refractivity contribution < 1.29 is 17.9 Å². The number of hydrogen-bond donors (Lipinski definition) is 1. The second kappa shape index (κ2) is 9.66. The van der Waals surface area contributed by atoms with Crippen LogP contribution in [0.4, 0.5) is 0 Å². The predicted molar refractivity (Wildman–Crippen MR) is 106 cm³/mol. The monoisotopic (exact) mass is 396 g/mol. The van der Waals surface area contributed by atoms with Gasteiger partial charge in [-0.1, -0.05) is 25.8 Å². The molecule has 1 aromatic carbocycles. The van der Waals surface area contributed by atoms with Crippen LogP contribution in [0.25, 0.3) is 0 Å². The summed E-state index contributed by atoms with van der Waals surface area (Å²) in [6.45, 7) is 6.70. The smallest absolute Gasteiger partial charge is 0.251 e. The molecule has 1 aliphatic carbocycles. The van der Waals surface area contributed by atoms with Crippen molar-refractivity contribution in [1.29, 1.82) is 0 Å². The first kappa shape index (κ1) is 21.9. The molecule has 0 aliphatic heterocycles. The highest BCUT2D eigenvalue weighted by atomic mass is 32.2. The van der Waals surface area contributed by atoms with Crippen molar-refractivity contribution in [3.8, 4) is 0 Å². The van der Waals surface area contributed by atoms with Gasteiger partial charge in [-0.25, -0.2) is 8.42 Å². The summed E-state index contributed by atoms with van der Waals surface area (Å²) < 4.78 is 32.4. The Kier molecular flexibility index (Phi) is 7.82. The zero-order valence-electron chi connectivity index (χ0n) is 16.8. The van der Waals surface area contributed by atoms with Crippen LogP contribution in [0.1, 0.15) is 56.8 Å². The molecule has 0 bridgehead atoms. The van der Waals surface area contributed by atoms with Crippen LogP contribution in [0, 0.1) is 5.92 Å². The average Bonchev–Trinajstić information content (AvgIpc) is 2.65. The summed E-state index contributed by atoms with van der Waals surface area (Å²) in [5.74, 6) is 0.272. The number of rotatable bonds is 8. The Morgan fingerprint density at radius 2 is 2.00 bits per heavy atom. The van der Waals surface area contributed by atoms with Crippen LogP contribution in [-0.4, -0.2) is 51.0 Å². The topological polar surface area (TPSA) is 75.7 Å². The molecule has 1 fully saturated rings. The summed E-state index contributed by atoms with van der Waals surface area (Å²) in [5, 5.41) is 2.81. The highest BCUT2D eigenvalue weighted by molar-refractivity contribution is 7.89. The SMILES string of the molecule is CC1CCCCC1OCCNC(=O)c1cccc(S(=O)(=O)N(C)C(C)C)c1. The molecule has 1 aromatic rings. The molecule has 1 saturated carbocycles. The van der Waals surface area contributed by atoms with Gasteiger partial charge in [0.05, 0.1) is 17.6 Å². The van der Waals surface area contributed by atoms with Gasteiger partial charge in [-0.3, -0.25) is 4.79 Å². The minimum Gasteiger partial charge on any atom is -0.376 e. The van der Waals surface area contributed by atoms with Gasteiger partial charge in [-0.05, 0) is 50.8 Å². The van der Waals surface area contributed by atoms with E-state index in [1.54, 1.807) is 26.0 Å². The van der Waals surface area contributed by atoms with Crippen molar-refractivity contribution in [2.45, 2.75) is 63.5 Å². The van der Waals surface area contributed by atoms with E-state index in [0.717, 1.165) is 6.42 Å². The molecule has 2 unspecified atom stereocenters. The molecule has 7 heteroatoms. The number of nitrogens with zero attached hydrogens (tertiary/aromatic N) is 1. The van der Waals surface area contributed by atoms with Crippen molar-refractivity contribution in [2.75, 3.05) is 20.2 Å². The predicted octanol–water partition coefficient (Wildman–Crippen LogP) is 3.04. The van der Waals surface area contributed by atoms with E-state index in [-0.39, 0.29) is 22.9 Å². The number of nitrogens with one attached hydrogen (secondary N) is 1. The van der Waals surface area contributed by atoms with E-state index in [2.05, 4.69) is 12.2 Å². The second-order valence-corrected chi connectivity index (χ2v) is 9.57. The van der Waals surface area contributed by atoms with E-state index < -0.39 is 10.0 Å². The van der Waals surface area contributed by atoms with Crippen LogP contribution >= 0.6 is 0 Å². The second-order valence-electron chi connectivity index (χ2n) is 7.57. The minimum atomic E-state index is -3.61. The van der Waals surface area contributed by atoms with Crippen molar-refractivity contribution in [2.24, 2.45) is 5.92 Å². The summed E-state index contributed by atoms with van der Waals surface area (Å²) in [6, 6.07) is 5.99. The Labute approximate surface area is 163 Å². The first-order valence-electron chi connectivity index (χ1n) is 9.71. The van der Waals surface area contributed by atoms with E-state index in [1.807, 2.05) is 0 Å². The molecule has 0 heterocycles. The van der Waals surface area contributed by atoms with Gasteiger partial charge in [-0.15, -0.1) is 0 Å². The maximum Gasteiger partial charge on any atom is 0.251 e. The van der Waals surface area contributed by atoms with E-state index in [9.17, 15) is 13.2 Å². The molecule has 27 heavy (non-hydrogen) atoms. The third-order valence-corrected chi connectivity index (χ3v) is 7.28. The molecule has 2 atom stereocenters. The van der Waals surface area contributed by atoms with Crippen LogP contribution < -0.4 is 5.32 Å². The molecule has 0 aromatic heterocycles. The molecule has 2 rings (SSSR count). The van der Waals surface area contributed by atoms with Gasteiger partial charge in [0.1, 0.15) is 0 Å². The van der Waals surface area contributed by atoms with Gasteiger partial charge < -0.3 is 10.1 Å². The summed E-state index contributed by atoms with van der Waals surface area (Å²) in [7, 11) is -2.07. The number of carbonyl (C=O) groups excluding carboxylic acids is 1. The van der Waals surface area contributed by atoms with Crippen molar-refractivity contribution in [1.82, 2.24) is 9.62 Å². The van der Waals surface area contributed by atoms with Gasteiger partial charge >= 0.3 is 0 Å². The fourth-order valence-corrected chi connectivity index (χ4v) is 4.66. The first-order valence-corrected chi connectivity index (χ1v) is 11.2. The largest absolute Gasteiger partial charge is 0.376 e. The third kappa shape index (κ3) is 5.77. The van der Waals surface area contributed by atoms with Crippen molar-refractivity contribution in [3.63, 3.8) is 0 Å². The lowest BCUT2D eigenvalue weighted by Crippen LogP contribution is -2.33. The Morgan fingerprint density at radius 3 is 2.67 bits per heavy atom. The Hall–Kier alpha value is -1.44. The highest BCUT2D eigenvalue weighted by Crippen LogP contribution is 2.26. The lowest BCUT2D eigenvalue weighted by Gasteiger charge is -2.28. The minimum absolute atomic E-state index is 0.124. The van der Waals surface area contributed by atoms with E-state index in [0.29, 0.717) is 24.6 Å². The molecule has 0 spiro atoms. The fraction of sp³-hybridized carbons (Fsp3) is 0.650. The Bertz CT molecular complexity index is 733. The molecule has 152 valence electrons. The Morgan fingerprint density at radius 1 is 1.30 bits per heavy atom. The lowest BCUT2D eigenvalue weighted by molar-refractivity contribution is -0.00293. The third-order valence-electron chi connectivity index (χ3n) is 5.25. The Balaban J connectivity index is 1.91. The zero-order chi connectivity index (χ0) is 20.0. The van der Waals surface area contributed by atoms with Crippen LogP contribution in [0.15, 0.2) is 29.2 Å². The molecule has 1 amide bonds. The van der Waals surface area contributed by atoms with E-state index >= 15 is 0 Å². The maximum absolute atomic E-state index is 12.6. The van der Waals surface area contributed by atoms with Gasteiger partial charge in [0, 0.05) is 25.2 Å². The first-order chi connectivity index (χ1) is 12.7. The fourth-order valence-electron chi connectivity index (χ4n) is 3.25. The van der Waals surface area contributed by atoms with Gasteiger partial charge in [0.25, 0.3) is 5.91 Å². The van der Waals surface area contributed by atoms with E-state index in [4.69, 9.17) is 4.74 Å². The molecule has 1 N–H and O–H groups in total. The van der Waals surface area contributed by atoms with Crippen molar-refractivity contribution >= 4 is 15.9 Å². The molecule has 6 nitrogen and oxygen atoms in total. The molecular weight excluding hydrogens is 364 g/mol. The normalized spacial score (nSPS) is 20.8. The quantitative estimate of drug-likeness (QED) is 0.685.